The molecule has 2 fully saturated rings. The van der Waals surface area contributed by atoms with Crippen molar-refractivity contribution in [3.63, 3.8) is 0 Å². The molecule has 0 bridgehead atoms. The van der Waals surface area contributed by atoms with E-state index in [1.54, 1.807) is 0 Å². The van der Waals surface area contributed by atoms with Crippen LogP contribution in [0.2, 0.25) is 0 Å². The van der Waals surface area contributed by atoms with Crippen molar-refractivity contribution in [1.82, 2.24) is 0 Å². The molecule has 0 radical (unpaired) electrons. The summed E-state index contributed by atoms with van der Waals surface area (Å²) < 4.78 is 4.50. The molecule has 1 saturated carbocycles. The van der Waals surface area contributed by atoms with E-state index in [9.17, 15) is 0 Å². The van der Waals surface area contributed by atoms with Gasteiger partial charge in [0.25, 0.3) is 0 Å². The number of aliphatic hydroxyl groups excluding tert-OH is 2. The van der Waals surface area contributed by atoms with Crippen LogP contribution in [0.5, 0.6) is 0 Å². The van der Waals surface area contributed by atoms with Crippen molar-refractivity contribution >= 4 is 0 Å². The van der Waals surface area contributed by atoms with E-state index in [-0.39, 0.29) is 13.2 Å². The molecule has 11 heavy (non-hydrogen) atoms. The maximum Gasteiger partial charge on any atom is 0.0701 e. The van der Waals surface area contributed by atoms with Gasteiger partial charge in [0.1, 0.15) is 0 Å². The zero-order valence-electron chi connectivity index (χ0n) is 6.96. The van der Waals surface area contributed by atoms with Crippen molar-refractivity contribution in [3.05, 3.63) is 0 Å². The third-order valence-electron chi connectivity index (χ3n) is 1.30. The lowest BCUT2D eigenvalue weighted by atomic mass is 10.0. The number of ether oxygens (including phenoxy) is 1. The van der Waals surface area contributed by atoms with Gasteiger partial charge in [-0.25, -0.2) is 0 Å². The van der Waals surface area contributed by atoms with Crippen LogP contribution in [0.25, 0.3) is 0 Å². The molecule has 0 aromatic carbocycles. The highest BCUT2D eigenvalue weighted by Gasteiger charge is 1.95. The summed E-state index contributed by atoms with van der Waals surface area (Å²) in [7, 11) is 0. The van der Waals surface area contributed by atoms with Crippen molar-refractivity contribution in [3.8, 4) is 0 Å². The molecule has 1 saturated heterocycles. The molecule has 2 rings (SSSR count). The molecule has 3 heteroatoms. The Labute approximate surface area is 68.0 Å². The van der Waals surface area contributed by atoms with Crippen molar-refractivity contribution in [2.75, 3.05) is 26.4 Å². The lowest BCUT2D eigenvalue weighted by molar-refractivity contribution is 0.186. The van der Waals surface area contributed by atoms with Crippen LogP contribution in [0.1, 0.15) is 25.7 Å². The van der Waals surface area contributed by atoms with Gasteiger partial charge >= 0.3 is 0 Å². The second kappa shape index (κ2) is 9.88. The van der Waals surface area contributed by atoms with E-state index in [1.807, 2.05) is 0 Å². The van der Waals surface area contributed by atoms with Gasteiger partial charge in [-0.3, -0.25) is 0 Å². The van der Waals surface area contributed by atoms with E-state index in [1.165, 1.54) is 25.7 Å². The van der Waals surface area contributed by atoms with Crippen LogP contribution in [0.15, 0.2) is 0 Å². The van der Waals surface area contributed by atoms with Gasteiger partial charge in [0.2, 0.25) is 0 Å². The van der Waals surface area contributed by atoms with Gasteiger partial charge in [-0.15, -0.1) is 0 Å². The molecule has 1 heterocycles. The van der Waals surface area contributed by atoms with Crippen LogP contribution >= 0.6 is 0 Å². The molecule has 68 valence electrons. The van der Waals surface area contributed by atoms with Gasteiger partial charge in [0.15, 0.2) is 0 Å². The molecule has 2 aliphatic rings. The summed E-state index contributed by atoms with van der Waals surface area (Å²) in [5.41, 5.74) is 0. The molecule has 0 spiro atoms. The molecular weight excluding hydrogens is 144 g/mol. The van der Waals surface area contributed by atoms with E-state index >= 15 is 0 Å². The van der Waals surface area contributed by atoms with Crippen LogP contribution in [0.4, 0.5) is 0 Å². The SMILES string of the molecule is C1CCC1.C1CO1.OCCO. The summed E-state index contributed by atoms with van der Waals surface area (Å²) in [5, 5.41) is 15.2. The third-order valence-corrected chi connectivity index (χ3v) is 1.30. The first-order chi connectivity index (χ1) is 5.41. The maximum atomic E-state index is 7.62. The molecule has 0 aromatic rings. The van der Waals surface area contributed by atoms with Gasteiger partial charge in [0, 0.05) is 0 Å². The van der Waals surface area contributed by atoms with E-state index in [0.717, 1.165) is 13.2 Å². The monoisotopic (exact) mass is 162 g/mol. The number of epoxide rings is 1. The Hall–Kier alpha value is -0.120. The smallest absolute Gasteiger partial charge is 0.0701 e. The molecule has 1 aliphatic heterocycles. The predicted octanol–water partition coefficient (Wildman–Crippen LogP) is 0.548. The Morgan fingerprint density at radius 1 is 0.818 bits per heavy atom. The Morgan fingerprint density at radius 3 is 1.09 bits per heavy atom. The van der Waals surface area contributed by atoms with Crippen molar-refractivity contribution in [2.45, 2.75) is 25.7 Å². The summed E-state index contributed by atoms with van der Waals surface area (Å²) >= 11 is 0. The van der Waals surface area contributed by atoms with Crippen molar-refractivity contribution < 1.29 is 14.9 Å². The number of rotatable bonds is 1. The fourth-order valence-electron chi connectivity index (χ4n) is 0.250. The number of aliphatic hydroxyl groups is 2. The molecule has 0 atom stereocenters. The van der Waals surface area contributed by atoms with Crippen LogP contribution in [0, 0.1) is 0 Å². The van der Waals surface area contributed by atoms with Crippen molar-refractivity contribution in [1.29, 1.82) is 0 Å². The predicted molar refractivity (Wildman–Crippen MR) is 43.5 cm³/mol. The minimum Gasteiger partial charge on any atom is -0.394 e. The second-order valence-electron chi connectivity index (χ2n) is 2.47. The van der Waals surface area contributed by atoms with Gasteiger partial charge in [-0.2, -0.15) is 0 Å². The molecule has 0 unspecified atom stereocenters. The molecule has 3 nitrogen and oxygen atoms in total. The zero-order valence-corrected chi connectivity index (χ0v) is 6.96. The Kier molecular flexibility index (Phi) is 9.77. The Bertz CT molecular complexity index is 51.6. The normalized spacial score (nSPS) is 18.0. The lowest BCUT2D eigenvalue weighted by Crippen LogP contribution is -1.85. The van der Waals surface area contributed by atoms with Crippen molar-refractivity contribution in [2.24, 2.45) is 0 Å². The largest absolute Gasteiger partial charge is 0.394 e. The first-order valence-electron chi connectivity index (χ1n) is 4.21. The summed E-state index contributed by atoms with van der Waals surface area (Å²) in [6.07, 6.45) is 6.00. The van der Waals surface area contributed by atoms with Gasteiger partial charge in [-0.1, -0.05) is 25.7 Å². The number of hydrogen-bond acceptors (Lipinski definition) is 3. The van der Waals surface area contributed by atoms with E-state index in [2.05, 4.69) is 4.74 Å². The molecule has 0 amide bonds. The zero-order chi connectivity index (χ0) is 8.36. The first kappa shape index (κ1) is 10.9. The topological polar surface area (TPSA) is 53.0 Å². The molecule has 0 aromatic heterocycles. The quantitative estimate of drug-likeness (QED) is 0.553. The average molecular weight is 162 g/mol. The standard InChI is InChI=1S/C4H8.C2H6O2.C2H4O/c1-2-4-3-1;3-1-2-4;1-2-3-1/h1-4H2;3-4H,1-2H2;1-2H2. The Morgan fingerprint density at radius 2 is 1.09 bits per heavy atom. The highest BCUT2D eigenvalue weighted by Crippen LogP contribution is 2.15. The number of hydrogen-bond donors (Lipinski definition) is 2. The molecular formula is C8H18O3. The van der Waals surface area contributed by atoms with Gasteiger partial charge in [0.05, 0.1) is 26.4 Å². The lowest BCUT2D eigenvalue weighted by Gasteiger charge is -2.05. The Balaban J connectivity index is 0.000000137. The fraction of sp³-hybridized carbons (Fsp3) is 1.00. The molecule has 2 N–H and O–H groups in total. The average Bonchev–Trinajstić information content (AvgIpc) is 2.67. The minimum absolute atomic E-state index is 0.125. The van der Waals surface area contributed by atoms with Crippen LogP contribution < -0.4 is 0 Å². The first-order valence-corrected chi connectivity index (χ1v) is 4.21. The van der Waals surface area contributed by atoms with Gasteiger partial charge in [-0.05, 0) is 0 Å². The fourth-order valence-corrected chi connectivity index (χ4v) is 0.250. The molecule has 1 aliphatic carbocycles. The van der Waals surface area contributed by atoms with Crippen LogP contribution in [-0.2, 0) is 4.74 Å². The van der Waals surface area contributed by atoms with E-state index < -0.39 is 0 Å². The van der Waals surface area contributed by atoms with Crippen LogP contribution in [0.3, 0.4) is 0 Å². The summed E-state index contributed by atoms with van der Waals surface area (Å²) in [6.45, 7) is 1.75. The van der Waals surface area contributed by atoms with E-state index in [0.29, 0.717) is 0 Å². The van der Waals surface area contributed by atoms with Gasteiger partial charge < -0.3 is 14.9 Å². The summed E-state index contributed by atoms with van der Waals surface area (Å²) in [4.78, 5) is 0. The summed E-state index contributed by atoms with van der Waals surface area (Å²) in [5.74, 6) is 0. The van der Waals surface area contributed by atoms with Crippen LogP contribution in [-0.4, -0.2) is 36.6 Å². The minimum atomic E-state index is -0.125. The third kappa shape index (κ3) is 17.7. The highest BCUT2D eigenvalue weighted by molar-refractivity contribution is 4.50. The second-order valence-corrected chi connectivity index (χ2v) is 2.47. The maximum absolute atomic E-state index is 7.62. The highest BCUT2D eigenvalue weighted by atomic mass is 16.6. The summed E-state index contributed by atoms with van der Waals surface area (Å²) in [6, 6.07) is 0. The van der Waals surface area contributed by atoms with E-state index in [4.69, 9.17) is 10.2 Å².